The molecule has 1 saturated carbocycles. The van der Waals surface area contributed by atoms with Gasteiger partial charge in [-0.25, -0.2) is 4.39 Å². The van der Waals surface area contributed by atoms with E-state index in [1.165, 1.54) is 12.1 Å². The second kappa shape index (κ2) is 3.40. The molecule has 2 nitrogen and oxygen atoms in total. The van der Waals surface area contributed by atoms with Crippen LogP contribution in [0.1, 0.15) is 12.0 Å². The predicted molar refractivity (Wildman–Crippen MR) is 49.3 cm³/mol. The summed E-state index contributed by atoms with van der Waals surface area (Å²) in [6.45, 7) is 0. The third-order valence-electron chi connectivity index (χ3n) is 2.63. The minimum atomic E-state index is -0.730. The van der Waals surface area contributed by atoms with Crippen LogP contribution in [-0.4, -0.2) is 11.1 Å². The molecular formula is C11H11FO2. The van der Waals surface area contributed by atoms with E-state index >= 15 is 0 Å². The highest BCUT2D eigenvalue weighted by molar-refractivity contribution is 5.73. The highest BCUT2D eigenvalue weighted by Crippen LogP contribution is 2.41. The molecule has 0 bridgehead atoms. The van der Waals surface area contributed by atoms with E-state index in [-0.39, 0.29) is 17.7 Å². The van der Waals surface area contributed by atoms with Crippen LogP contribution in [0.4, 0.5) is 4.39 Å². The number of carboxylic acids is 1. The molecule has 74 valence electrons. The van der Waals surface area contributed by atoms with Gasteiger partial charge < -0.3 is 5.11 Å². The zero-order valence-electron chi connectivity index (χ0n) is 7.61. The number of carboxylic acid groups (broad SMARTS) is 1. The van der Waals surface area contributed by atoms with Gasteiger partial charge in [0.2, 0.25) is 0 Å². The summed E-state index contributed by atoms with van der Waals surface area (Å²) >= 11 is 0. The van der Waals surface area contributed by atoms with Crippen molar-refractivity contribution in [3.05, 3.63) is 35.6 Å². The number of carbonyl (C=O) groups is 1. The fraction of sp³-hybridized carbons (Fsp3) is 0.364. The van der Waals surface area contributed by atoms with E-state index in [9.17, 15) is 9.18 Å². The van der Waals surface area contributed by atoms with Crippen molar-refractivity contribution in [1.82, 2.24) is 0 Å². The van der Waals surface area contributed by atoms with Crippen LogP contribution in [0.3, 0.4) is 0 Å². The van der Waals surface area contributed by atoms with Crippen LogP contribution in [0.25, 0.3) is 0 Å². The maximum absolute atomic E-state index is 12.8. The Bertz CT molecular complexity index is 362. The zero-order chi connectivity index (χ0) is 10.1. The number of hydrogen-bond donors (Lipinski definition) is 1. The number of halogens is 1. The molecule has 1 aromatic rings. The molecule has 3 heteroatoms. The highest BCUT2D eigenvalue weighted by atomic mass is 19.1. The Kier molecular flexibility index (Phi) is 2.23. The van der Waals surface area contributed by atoms with Crippen LogP contribution in [0.5, 0.6) is 0 Å². The third-order valence-corrected chi connectivity index (χ3v) is 2.63. The Morgan fingerprint density at radius 2 is 2.36 bits per heavy atom. The van der Waals surface area contributed by atoms with Gasteiger partial charge in [0.15, 0.2) is 0 Å². The van der Waals surface area contributed by atoms with E-state index in [4.69, 9.17) is 5.11 Å². The largest absolute Gasteiger partial charge is 0.481 e. The molecule has 0 spiro atoms. The lowest BCUT2D eigenvalue weighted by Gasteiger charge is -1.98. The molecule has 2 rings (SSSR count). The molecule has 0 radical (unpaired) electrons. The maximum Gasteiger partial charge on any atom is 0.306 e. The molecule has 0 saturated heterocycles. The Balaban J connectivity index is 1.97. The Morgan fingerprint density at radius 1 is 1.57 bits per heavy atom. The van der Waals surface area contributed by atoms with Crippen LogP contribution >= 0.6 is 0 Å². The van der Waals surface area contributed by atoms with E-state index in [0.717, 1.165) is 12.0 Å². The lowest BCUT2D eigenvalue weighted by atomic mass is 10.1. The van der Waals surface area contributed by atoms with E-state index in [2.05, 4.69) is 0 Å². The van der Waals surface area contributed by atoms with Gasteiger partial charge in [0.05, 0.1) is 5.92 Å². The Hall–Kier alpha value is -1.38. The Morgan fingerprint density at radius 3 is 2.93 bits per heavy atom. The van der Waals surface area contributed by atoms with Crippen molar-refractivity contribution in [2.45, 2.75) is 12.8 Å². The molecule has 0 aliphatic heterocycles. The molecule has 1 fully saturated rings. The van der Waals surface area contributed by atoms with Crippen LogP contribution in [0.2, 0.25) is 0 Å². The Labute approximate surface area is 81.4 Å². The van der Waals surface area contributed by atoms with Gasteiger partial charge in [-0.1, -0.05) is 12.1 Å². The smallest absolute Gasteiger partial charge is 0.306 e. The highest BCUT2D eigenvalue weighted by Gasteiger charge is 2.42. The fourth-order valence-electron chi connectivity index (χ4n) is 1.74. The van der Waals surface area contributed by atoms with Crippen molar-refractivity contribution in [3.63, 3.8) is 0 Å². The van der Waals surface area contributed by atoms with E-state index in [0.29, 0.717) is 6.42 Å². The van der Waals surface area contributed by atoms with Crippen LogP contribution < -0.4 is 0 Å². The standard InChI is InChI=1S/C11H11FO2/c12-9-3-1-2-7(5-9)4-8-6-10(8)11(13)14/h1-3,5,8,10H,4,6H2,(H,13,14)/t8-,10+/m0/s1. The third kappa shape index (κ3) is 1.92. The van der Waals surface area contributed by atoms with Crippen LogP contribution in [-0.2, 0) is 11.2 Å². The molecular weight excluding hydrogens is 183 g/mol. The molecule has 14 heavy (non-hydrogen) atoms. The molecule has 1 aliphatic carbocycles. The lowest BCUT2D eigenvalue weighted by Crippen LogP contribution is -2.01. The van der Waals surface area contributed by atoms with Gasteiger partial charge in [-0.2, -0.15) is 0 Å². The van der Waals surface area contributed by atoms with Gasteiger partial charge in [-0.15, -0.1) is 0 Å². The first-order valence-corrected chi connectivity index (χ1v) is 4.64. The summed E-state index contributed by atoms with van der Waals surface area (Å²) in [5.41, 5.74) is 0.888. The second-order valence-corrected chi connectivity index (χ2v) is 3.77. The van der Waals surface area contributed by atoms with E-state index < -0.39 is 5.97 Å². The van der Waals surface area contributed by atoms with Crippen molar-refractivity contribution in [1.29, 1.82) is 0 Å². The maximum atomic E-state index is 12.8. The van der Waals surface area contributed by atoms with Crippen LogP contribution in [0, 0.1) is 17.7 Å². The first-order valence-electron chi connectivity index (χ1n) is 4.64. The van der Waals surface area contributed by atoms with E-state index in [1.807, 2.05) is 6.07 Å². The van der Waals surface area contributed by atoms with Gasteiger partial charge in [0.1, 0.15) is 5.82 Å². The molecule has 0 aromatic heterocycles. The monoisotopic (exact) mass is 194 g/mol. The summed E-state index contributed by atoms with van der Waals surface area (Å²) in [6, 6.07) is 6.35. The molecule has 1 aliphatic rings. The van der Waals surface area contributed by atoms with Crippen molar-refractivity contribution >= 4 is 5.97 Å². The van der Waals surface area contributed by atoms with Crippen LogP contribution in [0.15, 0.2) is 24.3 Å². The zero-order valence-corrected chi connectivity index (χ0v) is 7.61. The average molecular weight is 194 g/mol. The summed E-state index contributed by atoms with van der Waals surface area (Å²) in [5, 5.41) is 8.68. The summed E-state index contributed by atoms with van der Waals surface area (Å²) in [6.07, 6.45) is 1.40. The number of hydrogen-bond acceptors (Lipinski definition) is 1. The summed E-state index contributed by atoms with van der Waals surface area (Å²) in [4.78, 5) is 10.6. The average Bonchev–Trinajstić information content (AvgIpc) is 2.84. The summed E-state index contributed by atoms with van der Waals surface area (Å²) < 4.78 is 12.8. The molecule has 1 aromatic carbocycles. The van der Waals surface area contributed by atoms with Crippen molar-refractivity contribution in [2.75, 3.05) is 0 Å². The topological polar surface area (TPSA) is 37.3 Å². The quantitative estimate of drug-likeness (QED) is 0.799. The second-order valence-electron chi connectivity index (χ2n) is 3.77. The lowest BCUT2D eigenvalue weighted by molar-refractivity contribution is -0.138. The fourth-order valence-corrected chi connectivity index (χ4v) is 1.74. The van der Waals surface area contributed by atoms with E-state index in [1.54, 1.807) is 6.07 Å². The molecule has 2 atom stereocenters. The number of benzene rings is 1. The SMILES string of the molecule is O=C(O)[C@@H]1C[C@@H]1Cc1cccc(F)c1. The number of rotatable bonds is 3. The van der Waals surface area contributed by atoms with Gasteiger partial charge in [-0.05, 0) is 36.5 Å². The van der Waals surface area contributed by atoms with Crippen molar-refractivity contribution in [2.24, 2.45) is 11.8 Å². The first kappa shape index (κ1) is 9.19. The summed E-state index contributed by atoms with van der Waals surface area (Å²) in [7, 11) is 0. The van der Waals surface area contributed by atoms with Gasteiger partial charge in [0.25, 0.3) is 0 Å². The van der Waals surface area contributed by atoms with Gasteiger partial charge in [-0.3, -0.25) is 4.79 Å². The predicted octanol–water partition coefficient (Wildman–Crippen LogP) is 2.09. The molecule has 0 amide bonds. The molecule has 1 N–H and O–H groups in total. The minimum Gasteiger partial charge on any atom is -0.481 e. The number of aliphatic carboxylic acids is 1. The van der Waals surface area contributed by atoms with Crippen molar-refractivity contribution in [3.8, 4) is 0 Å². The molecule has 0 heterocycles. The summed E-state index contributed by atoms with van der Waals surface area (Å²) in [5.74, 6) is -0.992. The molecule has 0 unspecified atom stereocenters. The normalized spacial score (nSPS) is 24.6. The minimum absolute atomic E-state index is 0.203. The van der Waals surface area contributed by atoms with Crippen molar-refractivity contribution < 1.29 is 14.3 Å². The van der Waals surface area contributed by atoms with Gasteiger partial charge >= 0.3 is 5.97 Å². The first-order chi connectivity index (χ1) is 6.66. The van der Waals surface area contributed by atoms with Gasteiger partial charge in [0, 0.05) is 0 Å².